The van der Waals surface area contributed by atoms with Crippen molar-refractivity contribution in [1.29, 1.82) is 0 Å². The molecule has 0 heterocycles. The van der Waals surface area contributed by atoms with Gasteiger partial charge in [0.2, 0.25) is 0 Å². The van der Waals surface area contributed by atoms with E-state index in [0.717, 1.165) is 18.9 Å². The Balaban J connectivity index is 2.48. The van der Waals surface area contributed by atoms with Crippen molar-refractivity contribution in [3.05, 3.63) is 63.2 Å². The number of nitro groups is 1. The highest BCUT2D eigenvalue weighted by Gasteiger charge is 2.32. The van der Waals surface area contributed by atoms with Gasteiger partial charge in [-0.15, -0.1) is 11.8 Å². The fourth-order valence-corrected chi connectivity index (χ4v) is 3.77. The molecule has 2 aromatic rings. The first-order valence-corrected chi connectivity index (χ1v) is 8.64. The average molecular weight is 398 g/mol. The number of esters is 1. The highest BCUT2D eigenvalue weighted by molar-refractivity contribution is 7.99. The number of methoxy groups -OCH3 is 2. The number of carbonyl (C=O) groups is 1. The van der Waals surface area contributed by atoms with Gasteiger partial charge in [0.05, 0.1) is 29.4 Å². The van der Waals surface area contributed by atoms with Gasteiger partial charge >= 0.3 is 5.97 Å². The van der Waals surface area contributed by atoms with E-state index in [1.54, 1.807) is 24.3 Å². The van der Waals surface area contributed by atoms with Crippen molar-refractivity contribution in [3.8, 4) is 5.75 Å². The molecule has 0 aliphatic heterocycles. The van der Waals surface area contributed by atoms with Gasteiger partial charge in [0.1, 0.15) is 10.6 Å². The molecule has 26 heavy (non-hydrogen) atoms. The third kappa shape index (κ3) is 4.46. The van der Waals surface area contributed by atoms with Crippen molar-refractivity contribution in [2.45, 2.75) is 16.2 Å². The van der Waals surface area contributed by atoms with E-state index >= 15 is 0 Å². The number of nitro benzene ring substituents is 1. The first-order chi connectivity index (χ1) is 12.4. The number of hydrogen-bond acceptors (Lipinski definition) is 7. The van der Waals surface area contributed by atoms with E-state index in [1.165, 1.54) is 25.3 Å². The van der Waals surface area contributed by atoms with Gasteiger partial charge in [-0.3, -0.25) is 10.1 Å². The lowest BCUT2D eigenvalue weighted by molar-refractivity contribution is -0.387. The average Bonchev–Trinajstić information content (AvgIpc) is 2.65. The van der Waals surface area contributed by atoms with Gasteiger partial charge in [0, 0.05) is 6.07 Å². The van der Waals surface area contributed by atoms with Crippen molar-refractivity contribution in [1.82, 2.24) is 0 Å². The number of thioether (sulfide) groups is 1. The second kappa shape index (κ2) is 8.88. The van der Waals surface area contributed by atoms with Crippen molar-refractivity contribution < 1.29 is 24.3 Å². The van der Waals surface area contributed by atoms with Crippen LogP contribution in [0.5, 0.6) is 5.75 Å². The number of aliphatic hydroxyl groups is 1. The van der Waals surface area contributed by atoms with Gasteiger partial charge in [-0.2, -0.15) is 0 Å². The minimum atomic E-state index is -1.55. The predicted octanol–water partition coefficient (Wildman–Crippen LogP) is 3.62. The van der Waals surface area contributed by atoms with E-state index in [1.807, 2.05) is 0 Å². The van der Waals surface area contributed by atoms with E-state index in [4.69, 9.17) is 16.3 Å². The summed E-state index contributed by atoms with van der Waals surface area (Å²) >= 11 is 7.05. The van der Waals surface area contributed by atoms with Crippen molar-refractivity contribution in [2.24, 2.45) is 0 Å². The molecule has 0 radical (unpaired) electrons. The molecule has 0 bridgehead atoms. The van der Waals surface area contributed by atoms with Crippen molar-refractivity contribution in [2.75, 3.05) is 14.2 Å². The Morgan fingerprint density at radius 1 is 1.23 bits per heavy atom. The Labute approximate surface area is 159 Å². The Morgan fingerprint density at radius 3 is 2.42 bits per heavy atom. The molecule has 7 nitrogen and oxygen atoms in total. The maximum atomic E-state index is 11.9. The van der Waals surface area contributed by atoms with Crippen LogP contribution in [0.1, 0.15) is 10.8 Å². The van der Waals surface area contributed by atoms with Crippen molar-refractivity contribution >= 4 is 35.0 Å². The second-order valence-corrected chi connectivity index (χ2v) is 6.68. The summed E-state index contributed by atoms with van der Waals surface area (Å²) in [4.78, 5) is 22.8. The highest BCUT2D eigenvalue weighted by Crippen LogP contribution is 2.45. The summed E-state index contributed by atoms with van der Waals surface area (Å²) in [5.41, 5.74) is 0.348. The van der Waals surface area contributed by atoms with E-state index in [0.29, 0.717) is 11.3 Å². The SMILES string of the molecule is COC(=O)[C@H](O)[C@@H](Sc1c(Cl)cccc1[N+](=O)[O-])c1ccc(OC)cc1. The van der Waals surface area contributed by atoms with E-state index < -0.39 is 22.2 Å². The first kappa shape index (κ1) is 20.0. The molecular formula is C17H16ClNO6S. The van der Waals surface area contributed by atoms with Gasteiger partial charge in [-0.25, -0.2) is 4.79 Å². The molecule has 0 spiro atoms. The number of carbonyl (C=O) groups excluding carboxylic acids is 1. The van der Waals surface area contributed by atoms with Gasteiger partial charge in [0.25, 0.3) is 5.69 Å². The molecule has 0 saturated carbocycles. The van der Waals surface area contributed by atoms with Crippen LogP contribution in [0.3, 0.4) is 0 Å². The summed E-state index contributed by atoms with van der Waals surface area (Å²) in [5, 5.41) is 21.0. The number of rotatable bonds is 7. The lowest BCUT2D eigenvalue weighted by Gasteiger charge is -2.22. The summed E-state index contributed by atoms with van der Waals surface area (Å²) in [7, 11) is 2.66. The number of nitrogens with zero attached hydrogens (tertiary/aromatic N) is 1. The van der Waals surface area contributed by atoms with Crippen LogP contribution < -0.4 is 4.74 Å². The Hall–Kier alpha value is -2.29. The zero-order valence-electron chi connectivity index (χ0n) is 13.9. The highest BCUT2D eigenvalue weighted by atomic mass is 35.5. The third-order valence-corrected chi connectivity index (χ3v) is 5.44. The van der Waals surface area contributed by atoms with Crippen LogP contribution in [0.15, 0.2) is 47.4 Å². The minimum absolute atomic E-state index is 0.153. The molecule has 2 aromatic carbocycles. The van der Waals surface area contributed by atoms with Gasteiger partial charge in [-0.05, 0) is 23.8 Å². The number of ether oxygens (including phenoxy) is 2. The molecule has 9 heteroatoms. The van der Waals surface area contributed by atoms with Gasteiger partial charge in [-0.1, -0.05) is 29.8 Å². The zero-order chi connectivity index (χ0) is 19.3. The van der Waals surface area contributed by atoms with Crippen LogP contribution in [-0.2, 0) is 9.53 Å². The van der Waals surface area contributed by atoms with Crippen LogP contribution >= 0.6 is 23.4 Å². The van der Waals surface area contributed by atoms with Crippen molar-refractivity contribution in [3.63, 3.8) is 0 Å². The molecule has 0 aliphatic carbocycles. The van der Waals surface area contributed by atoms with Crippen LogP contribution in [-0.4, -0.2) is 36.3 Å². The van der Waals surface area contributed by atoms with E-state index in [2.05, 4.69) is 4.74 Å². The van der Waals surface area contributed by atoms with Crippen LogP contribution in [0, 0.1) is 10.1 Å². The van der Waals surface area contributed by atoms with E-state index in [9.17, 15) is 20.0 Å². The largest absolute Gasteiger partial charge is 0.497 e. The van der Waals surface area contributed by atoms with Gasteiger partial charge < -0.3 is 14.6 Å². The number of halogens is 1. The third-order valence-electron chi connectivity index (χ3n) is 3.56. The molecule has 0 saturated heterocycles. The summed E-state index contributed by atoms with van der Waals surface area (Å²) in [6.45, 7) is 0. The molecule has 0 aliphatic rings. The standard InChI is InChI=1S/C17H16ClNO6S/c1-24-11-8-6-10(7-9-11)15(14(20)17(21)25-2)26-16-12(18)4-3-5-13(16)19(22)23/h3-9,14-15,20H,1-2H3/t14-,15+/m1/s1. The zero-order valence-corrected chi connectivity index (χ0v) is 15.5. The van der Waals surface area contributed by atoms with E-state index in [-0.39, 0.29) is 15.6 Å². The molecule has 2 atom stereocenters. The molecule has 1 N–H and O–H groups in total. The maximum Gasteiger partial charge on any atom is 0.336 e. The summed E-state index contributed by atoms with van der Waals surface area (Å²) in [5.74, 6) is -0.262. The number of aliphatic hydroxyl groups excluding tert-OH is 1. The monoisotopic (exact) mass is 397 g/mol. The summed E-state index contributed by atoms with van der Waals surface area (Å²) in [6.07, 6.45) is -1.55. The molecule has 0 fully saturated rings. The quantitative estimate of drug-likeness (QED) is 0.329. The molecule has 0 aromatic heterocycles. The van der Waals surface area contributed by atoms with Gasteiger partial charge in [0.15, 0.2) is 6.10 Å². The second-order valence-electron chi connectivity index (χ2n) is 5.12. The number of benzene rings is 2. The fourth-order valence-electron chi connectivity index (χ4n) is 2.24. The fraction of sp³-hybridized carbons (Fsp3) is 0.235. The predicted molar refractivity (Wildman–Crippen MR) is 97.7 cm³/mol. The van der Waals surface area contributed by atoms with Crippen LogP contribution in [0.4, 0.5) is 5.69 Å². The molecule has 0 unspecified atom stereocenters. The lowest BCUT2D eigenvalue weighted by atomic mass is 10.1. The minimum Gasteiger partial charge on any atom is -0.497 e. The molecule has 0 amide bonds. The Bertz CT molecular complexity index is 798. The smallest absolute Gasteiger partial charge is 0.336 e. The first-order valence-electron chi connectivity index (χ1n) is 7.38. The number of hydrogen-bond donors (Lipinski definition) is 1. The summed E-state index contributed by atoms with van der Waals surface area (Å²) in [6, 6.07) is 10.9. The summed E-state index contributed by atoms with van der Waals surface area (Å²) < 4.78 is 9.71. The Kier molecular flexibility index (Phi) is 6.84. The topological polar surface area (TPSA) is 98.9 Å². The van der Waals surface area contributed by atoms with Crippen LogP contribution in [0.25, 0.3) is 0 Å². The molecule has 138 valence electrons. The normalized spacial score (nSPS) is 12.9. The van der Waals surface area contributed by atoms with Crippen LogP contribution in [0.2, 0.25) is 5.02 Å². The Morgan fingerprint density at radius 2 is 1.88 bits per heavy atom. The molecule has 2 rings (SSSR count). The maximum absolute atomic E-state index is 11.9. The molecular weight excluding hydrogens is 382 g/mol. The lowest BCUT2D eigenvalue weighted by Crippen LogP contribution is -2.27.